The molecular formula is C13H16FN. The Labute approximate surface area is 91.2 Å². The zero-order chi connectivity index (χ0) is 11.7. The van der Waals surface area contributed by atoms with E-state index in [2.05, 4.69) is 25.8 Å². The topological polar surface area (TPSA) is 3.24 Å². The minimum Gasteiger partial charge on any atom is -0.351 e. The lowest BCUT2D eigenvalue weighted by Crippen LogP contribution is -2.07. The van der Waals surface area contributed by atoms with Crippen LogP contribution in [0, 0.1) is 18.7 Å². The fourth-order valence-corrected chi connectivity index (χ4v) is 1.03. The van der Waals surface area contributed by atoms with Gasteiger partial charge in [0.15, 0.2) is 0 Å². The van der Waals surface area contributed by atoms with Gasteiger partial charge in [-0.15, -0.1) is 12.8 Å². The number of benzene rings is 1. The molecule has 0 atom stereocenters. The molecule has 0 spiro atoms. The van der Waals surface area contributed by atoms with E-state index in [9.17, 15) is 4.39 Å². The van der Waals surface area contributed by atoms with E-state index in [1.54, 1.807) is 12.1 Å². The molecule has 80 valence electrons. The van der Waals surface area contributed by atoms with E-state index in [0.717, 1.165) is 12.1 Å². The Hall–Kier alpha value is -1.75. The van der Waals surface area contributed by atoms with Gasteiger partial charge in [-0.2, -0.15) is 0 Å². The highest BCUT2D eigenvalue weighted by molar-refractivity contribution is 5.47. The molecule has 0 heterocycles. The second-order valence-corrected chi connectivity index (χ2v) is 2.88. The molecule has 2 heteroatoms. The Balaban J connectivity index is 0.000000921. The maximum absolute atomic E-state index is 12.6. The van der Waals surface area contributed by atoms with Crippen molar-refractivity contribution in [2.45, 2.75) is 13.3 Å². The summed E-state index contributed by atoms with van der Waals surface area (Å²) >= 11 is 0. The van der Waals surface area contributed by atoms with Gasteiger partial charge in [-0.3, -0.25) is 0 Å². The zero-order valence-electron chi connectivity index (χ0n) is 9.15. The summed E-state index contributed by atoms with van der Waals surface area (Å²) in [4.78, 5) is 1.96. The third kappa shape index (κ3) is 4.87. The van der Waals surface area contributed by atoms with E-state index in [-0.39, 0.29) is 5.82 Å². The van der Waals surface area contributed by atoms with Gasteiger partial charge in [-0.1, -0.05) is 13.0 Å². The van der Waals surface area contributed by atoms with E-state index < -0.39 is 0 Å². The number of hydrogen-bond acceptors (Lipinski definition) is 1. The van der Waals surface area contributed by atoms with Crippen molar-refractivity contribution >= 4 is 5.69 Å². The van der Waals surface area contributed by atoms with Crippen LogP contribution in [-0.2, 0) is 0 Å². The molecule has 0 radical (unpaired) electrons. The van der Waals surface area contributed by atoms with Crippen molar-refractivity contribution in [3.63, 3.8) is 0 Å². The normalized spacial score (nSPS) is 9.40. The van der Waals surface area contributed by atoms with Crippen LogP contribution in [0.15, 0.2) is 36.5 Å². The van der Waals surface area contributed by atoms with Gasteiger partial charge < -0.3 is 4.90 Å². The van der Waals surface area contributed by atoms with Crippen LogP contribution >= 0.6 is 0 Å². The lowest BCUT2D eigenvalue weighted by atomic mass is 10.3. The highest BCUT2D eigenvalue weighted by Crippen LogP contribution is 2.13. The number of rotatable bonds is 3. The van der Waals surface area contributed by atoms with Crippen molar-refractivity contribution < 1.29 is 4.39 Å². The first-order valence-electron chi connectivity index (χ1n) is 4.72. The van der Waals surface area contributed by atoms with Crippen LogP contribution in [0.5, 0.6) is 0 Å². The monoisotopic (exact) mass is 205 g/mol. The van der Waals surface area contributed by atoms with Gasteiger partial charge >= 0.3 is 0 Å². The third-order valence-electron chi connectivity index (χ3n) is 1.80. The molecule has 0 N–H and O–H groups in total. The molecule has 1 rings (SSSR count). The van der Waals surface area contributed by atoms with Crippen molar-refractivity contribution in [3.8, 4) is 12.8 Å². The molecule has 0 aromatic heterocycles. The molecule has 0 amide bonds. The average Bonchev–Trinajstić information content (AvgIpc) is 2.29. The van der Waals surface area contributed by atoms with E-state index in [0.29, 0.717) is 0 Å². The smallest absolute Gasteiger partial charge is 0.123 e. The predicted molar refractivity (Wildman–Crippen MR) is 64.1 cm³/mol. The molecule has 0 aliphatic heterocycles. The maximum Gasteiger partial charge on any atom is 0.123 e. The van der Waals surface area contributed by atoms with Gasteiger partial charge in [-0.05, 0) is 36.9 Å². The largest absolute Gasteiger partial charge is 0.351 e. The summed E-state index contributed by atoms with van der Waals surface area (Å²) < 4.78 is 12.6. The minimum atomic E-state index is -0.198. The van der Waals surface area contributed by atoms with Gasteiger partial charge in [-0.25, -0.2) is 4.39 Å². The molecule has 0 saturated heterocycles. The van der Waals surface area contributed by atoms with Crippen molar-refractivity contribution in [2.75, 3.05) is 11.9 Å². The lowest BCUT2D eigenvalue weighted by molar-refractivity contribution is 0.628. The molecule has 1 nitrogen and oxygen atoms in total. The molecule has 0 saturated carbocycles. The average molecular weight is 205 g/mol. The Bertz CT molecular complexity index is 311. The molecule has 1 aromatic carbocycles. The summed E-state index contributed by atoms with van der Waals surface area (Å²) in [6.07, 6.45) is 13.0. The van der Waals surface area contributed by atoms with Crippen LogP contribution in [0.3, 0.4) is 0 Å². The SMILES string of the molecule is C#C.CC/C=C\N(C)c1ccc(F)cc1. The lowest BCUT2D eigenvalue weighted by Gasteiger charge is -2.13. The summed E-state index contributed by atoms with van der Waals surface area (Å²) in [5, 5.41) is 0. The van der Waals surface area contributed by atoms with Gasteiger partial charge in [0.2, 0.25) is 0 Å². The Morgan fingerprint density at radius 1 is 1.27 bits per heavy atom. The quantitative estimate of drug-likeness (QED) is 0.683. The van der Waals surface area contributed by atoms with E-state index in [1.807, 2.05) is 18.1 Å². The summed E-state index contributed by atoms with van der Waals surface area (Å²) in [6.45, 7) is 2.08. The second-order valence-electron chi connectivity index (χ2n) is 2.88. The second kappa shape index (κ2) is 7.64. The van der Waals surface area contributed by atoms with E-state index >= 15 is 0 Å². The molecule has 0 unspecified atom stereocenters. The first kappa shape index (κ1) is 13.2. The molecule has 0 aliphatic rings. The zero-order valence-corrected chi connectivity index (χ0v) is 9.15. The summed E-state index contributed by atoms with van der Waals surface area (Å²) in [5.41, 5.74) is 0.992. The fraction of sp³-hybridized carbons (Fsp3) is 0.231. The highest BCUT2D eigenvalue weighted by atomic mass is 19.1. The van der Waals surface area contributed by atoms with E-state index in [4.69, 9.17) is 0 Å². The maximum atomic E-state index is 12.6. The number of halogens is 1. The Kier molecular flexibility index (Phi) is 6.74. The standard InChI is InChI=1S/C11H14FN.C2H2/c1-3-4-9-13(2)11-7-5-10(12)6-8-11;1-2/h4-9H,3H2,1-2H3;1-2H/b9-4-;. The van der Waals surface area contributed by atoms with Gasteiger partial charge in [0.25, 0.3) is 0 Å². The Morgan fingerprint density at radius 2 is 1.80 bits per heavy atom. The number of nitrogens with zero attached hydrogens (tertiary/aromatic N) is 1. The van der Waals surface area contributed by atoms with Crippen LogP contribution in [0.2, 0.25) is 0 Å². The van der Waals surface area contributed by atoms with Gasteiger partial charge in [0.1, 0.15) is 5.82 Å². The molecule has 0 aliphatic carbocycles. The van der Waals surface area contributed by atoms with Gasteiger partial charge in [0.05, 0.1) is 0 Å². The molecule has 1 aromatic rings. The molecule has 0 bridgehead atoms. The fourth-order valence-electron chi connectivity index (χ4n) is 1.03. The number of hydrogen-bond donors (Lipinski definition) is 0. The van der Waals surface area contributed by atoms with Gasteiger partial charge in [0, 0.05) is 12.7 Å². The predicted octanol–water partition coefficient (Wildman–Crippen LogP) is 3.44. The van der Waals surface area contributed by atoms with Crippen LogP contribution in [0.1, 0.15) is 13.3 Å². The van der Waals surface area contributed by atoms with Crippen molar-refractivity contribution in [2.24, 2.45) is 0 Å². The number of allylic oxidation sites excluding steroid dienone is 1. The van der Waals surface area contributed by atoms with Crippen molar-refractivity contribution in [1.82, 2.24) is 0 Å². The van der Waals surface area contributed by atoms with Crippen LogP contribution in [0.25, 0.3) is 0 Å². The summed E-state index contributed by atoms with van der Waals surface area (Å²) in [5.74, 6) is -0.198. The summed E-state index contributed by atoms with van der Waals surface area (Å²) in [7, 11) is 1.94. The van der Waals surface area contributed by atoms with Crippen molar-refractivity contribution in [1.29, 1.82) is 0 Å². The first-order valence-corrected chi connectivity index (χ1v) is 4.72. The van der Waals surface area contributed by atoms with Crippen molar-refractivity contribution in [3.05, 3.63) is 42.4 Å². The molecule has 15 heavy (non-hydrogen) atoms. The summed E-state index contributed by atoms with van der Waals surface area (Å²) in [6, 6.07) is 6.45. The minimum absolute atomic E-state index is 0.198. The van der Waals surface area contributed by atoms with Crippen LogP contribution < -0.4 is 4.90 Å². The Morgan fingerprint density at radius 3 is 2.27 bits per heavy atom. The first-order chi connectivity index (χ1) is 7.24. The number of anilines is 1. The molecular weight excluding hydrogens is 189 g/mol. The number of terminal acetylenes is 1. The van der Waals surface area contributed by atoms with Crippen LogP contribution in [-0.4, -0.2) is 7.05 Å². The third-order valence-corrected chi connectivity index (χ3v) is 1.80. The highest BCUT2D eigenvalue weighted by Gasteiger charge is 1.95. The van der Waals surface area contributed by atoms with E-state index in [1.165, 1.54) is 12.1 Å². The van der Waals surface area contributed by atoms with Crippen LogP contribution in [0.4, 0.5) is 10.1 Å². The molecule has 0 fully saturated rings.